The van der Waals surface area contributed by atoms with Crippen molar-refractivity contribution in [1.29, 1.82) is 0 Å². The first-order chi connectivity index (χ1) is 6.98. The van der Waals surface area contributed by atoms with E-state index in [9.17, 15) is 0 Å². The second kappa shape index (κ2) is 8.15. The van der Waals surface area contributed by atoms with Crippen molar-refractivity contribution in [2.24, 2.45) is 0 Å². The van der Waals surface area contributed by atoms with Gasteiger partial charge in [0.1, 0.15) is 0 Å². The highest BCUT2D eigenvalue weighted by Crippen LogP contribution is 2.19. The zero-order chi connectivity index (χ0) is 11.7. The van der Waals surface area contributed by atoms with Crippen molar-refractivity contribution in [3.63, 3.8) is 0 Å². The number of hydrogen-bond acceptors (Lipinski definition) is 0. The van der Waals surface area contributed by atoms with Gasteiger partial charge >= 0.3 is 0 Å². The van der Waals surface area contributed by atoms with Crippen LogP contribution in [0.1, 0.15) is 58.3 Å². The molecule has 90 valence electrons. The minimum Gasteiger partial charge on any atom is -0.104 e. The summed E-state index contributed by atoms with van der Waals surface area (Å²) in [6.45, 7) is 13.7. The van der Waals surface area contributed by atoms with Crippen molar-refractivity contribution in [3.8, 4) is 0 Å². The van der Waals surface area contributed by atoms with Crippen LogP contribution in [0.25, 0.3) is 0 Å². The fraction of sp³-hybridized carbons (Fsp3) is 0.857. The van der Waals surface area contributed by atoms with Crippen LogP contribution in [-0.4, -0.2) is 8.07 Å². The lowest BCUT2D eigenvalue weighted by atomic mass is 10.1. The molecule has 0 fully saturated rings. The Morgan fingerprint density at radius 2 is 1.33 bits per heavy atom. The molecular weight excluding hydrogens is 196 g/mol. The summed E-state index contributed by atoms with van der Waals surface area (Å²) >= 11 is 0. The Kier molecular flexibility index (Phi) is 8.13. The average Bonchev–Trinajstić information content (AvgIpc) is 2.14. The van der Waals surface area contributed by atoms with Gasteiger partial charge in [0.2, 0.25) is 0 Å². The summed E-state index contributed by atoms with van der Waals surface area (Å²) in [6, 6.07) is 0. The minimum absolute atomic E-state index is 1.04. The summed E-state index contributed by atoms with van der Waals surface area (Å²) in [5.41, 5.74) is 0. The normalized spacial score (nSPS) is 11.7. The first kappa shape index (κ1) is 15.0. The van der Waals surface area contributed by atoms with Crippen LogP contribution in [0.4, 0.5) is 0 Å². The molecule has 0 nitrogen and oxygen atoms in total. The molecule has 0 aromatic heterocycles. The molecule has 0 saturated heterocycles. The van der Waals surface area contributed by atoms with Gasteiger partial charge in [-0.2, -0.15) is 0 Å². The molecule has 0 spiro atoms. The first-order valence-electron chi connectivity index (χ1n) is 6.66. The molecule has 1 heteroatoms. The maximum absolute atomic E-state index is 4.23. The number of rotatable bonds is 9. The molecule has 0 rings (SSSR count). The van der Waals surface area contributed by atoms with Crippen molar-refractivity contribution in [3.05, 3.63) is 11.8 Å². The molecule has 0 aliphatic carbocycles. The lowest BCUT2D eigenvalue weighted by molar-refractivity contribution is 0.591. The summed E-state index contributed by atoms with van der Waals surface area (Å²) in [5.74, 6) is 0. The van der Waals surface area contributed by atoms with E-state index < -0.39 is 8.07 Å². The maximum Gasteiger partial charge on any atom is 0.0716 e. The van der Waals surface area contributed by atoms with Crippen LogP contribution < -0.4 is 0 Å². The molecule has 0 aliphatic heterocycles. The Bertz CT molecular complexity index is 165. The zero-order valence-corrected chi connectivity index (χ0v) is 12.4. The molecule has 15 heavy (non-hydrogen) atoms. The van der Waals surface area contributed by atoms with E-state index in [1.807, 2.05) is 0 Å². The van der Waals surface area contributed by atoms with E-state index >= 15 is 0 Å². The smallest absolute Gasteiger partial charge is 0.0716 e. The third kappa shape index (κ3) is 8.92. The Hall–Kier alpha value is -0.0431. The summed E-state index contributed by atoms with van der Waals surface area (Å²) in [5, 5.41) is 1.55. The quantitative estimate of drug-likeness (QED) is 0.356. The van der Waals surface area contributed by atoms with Crippen LogP contribution in [-0.2, 0) is 0 Å². The van der Waals surface area contributed by atoms with E-state index in [4.69, 9.17) is 0 Å². The van der Waals surface area contributed by atoms with Gasteiger partial charge in [-0.05, 0) is 12.8 Å². The van der Waals surface area contributed by atoms with Crippen molar-refractivity contribution in [2.45, 2.75) is 77.9 Å². The molecule has 0 atom stereocenters. The minimum atomic E-state index is -1.04. The second-order valence-electron chi connectivity index (χ2n) is 5.72. The maximum atomic E-state index is 4.23. The van der Waals surface area contributed by atoms with Crippen LogP contribution in [0, 0.1) is 0 Å². The van der Waals surface area contributed by atoms with E-state index in [-0.39, 0.29) is 0 Å². The van der Waals surface area contributed by atoms with Crippen molar-refractivity contribution in [2.75, 3.05) is 0 Å². The molecule has 0 N–H and O–H groups in total. The van der Waals surface area contributed by atoms with Crippen LogP contribution in [0.3, 0.4) is 0 Å². The van der Waals surface area contributed by atoms with Gasteiger partial charge in [-0.3, -0.25) is 0 Å². The predicted molar refractivity (Wildman–Crippen MR) is 75.1 cm³/mol. The van der Waals surface area contributed by atoms with Crippen LogP contribution >= 0.6 is 0 Å². The molecule has 0 saturated carbocycles. The van der Waals surface area contributed by atoms with Gasteiger partial charge in [0.05, 0.1) is 8.07 Å². The zero-order valence-electron chi connectivity index (χ0n) is 11.4. The van der Waals surface area contributed by atoms with Gasteiger partial charge < -0.3 is 0 Å². The van der Waals surface area contributed by atoms with Gasteiger partial charge in [-0.15, -0.1) is 6.58 Å². The summed E-state index contributed by atoms with van der Waals surface area (Å²) in [4.78, 5) is 0. The van der Waals surface area contributed by atoms with Crippen LogP contribution in [0.15, 0.2) is 11.8 Å². The molecule has 0 aromatic rings. The number of unbranched alkanes of at least 4 members (excludes halogenated alkanes) is 6. The standard InChI is InChI=1S/C14H30Si/c1-6-7-8-9-10-11-12-13-14(2)15(3,4)5/h2,6-13H2,1,3-5H3. The van der Waals surface area contributed by atoms with Crippen LogP contribution in [0.5, 0.6) is 0 Å². The third-order valence-electron chi connectivity index (χ3n) is 3.14. The van der Waals surface area contributed by atoms with E-state index in [1.165, 1.54) is 51.4 Å². The summed E-state index contributed by atoms with van der Waals surface area (Å²) in [7, 11) is -1.04. The van der Waals surface area contributed by atoms with E-state index in [1.54, 1.807) is 5.20 Å². The molecule has 0 amide bonds. The van der Waals surface area contributed by atoms with E-state index in [2.05, 4.69) is 33.1 Å². The Labute approximate surface area is 98.2 Å². The Morgan fingerprint density at radius 3 is 1.80 bits per heavy atom. The molecule has 0 aromatic carbocycles. The highest BCUT2D eigenvalue weighted by molar-refractivity contribution is 6.82. The third-order valence-corrected chi connectivity index (χ3v) is 5.51. The largest absolute Gasteiger partial charge is 0.104 e. The number of allylic oxidation sites excluding steroid dienone is 1. The molecule has 0 aliphatic rings. The lowest BCUT2D eigenvalue weighted by Crippen LogP contribution is -2.22. The fourth-order valence-corrected chi connectivity index (χ4v) is 2.60. The van der Waals surface area contributed by atoms with Gasteiger partial charge in [-0.1, -0.05) is 70.3 Å². The van der Waals surface area contributed by atoms with Gasteiger partial charge in [0.15, 0.2) is 0 Å². The van der Waals surface area contributed by atoms with Gasteiger partial charge in [0.25, 0.3) is 0 Å². The Morgan fingerprint density at radius 1 is 0.867 bits per heavy atom. The molecular formula is C14H30Si. The van der Waals surface area contributed by atoms with Crippen molar-refractivity contribution < 1.29 is 0 Å². The van der Waals surface area contributed by atoms with Crippen molar-refractivity contribution >= 4 is 8.07 Å². The number of hydrogen-bond donors (Lipinski definition) is 0. The monoisotopic (exact) mass is 226 g/mol. The summed E-state index contributed by atoms with van der Waals surface area (Å²) < 4.78 is 0. The second-order valence-corrected chi connectivity index (χ2v) is 10.9. The Balaban J connectivity index is 3.28. The first-order valence-corrected chi connectivity index (χ1v) is 10.2. The average molecular weight is 226 g/mol. The molecule has 0 bridgehead atoms. The fourth-order valence-electron chi connectivity index (χ4n) is 1.67. The van der Waals surface area contributed by atoms with Gasteiger partial charge in [-0.25, -0.2) is 0 Å². The van der Waals surface area contributed by atoms with Crippen molar-refractivity contribution in [1.82, 2.24) is 0 Å². The van der Waals surface area contributed by atoms with E-state index in [0.29, 0.717) is 0 Å². The lowest BCUT2D eigenvalue weighted by Gasteiger charge is -2.19. The predicted octanol–water partition coefficient (Wildman–Crippen LogP) is 5.56. The van der Waals surface area contributed by atoms with Gasteiger partial charge in [0, 0.05) is 0 Å². The summed E-state index contributed by atoms with van der Waals surface area (Å²) in [6.07, 6.45) is 11.1. The molecule has 0 unspecified atom stereocenters. The highest BCUT2D eigenvalue weighted by Gasteiger charge is 2.16. The topological polar surface area (TPSA) is 0 Å². The van der Waals surface area contributed by atoms with E-state index in [0.717, 1.165) is 0 Å². The highest BCUT2D eigenvalue weighted by atomic mass is 28.3. The molecule has 0 heterocycles. The SMILES string of the molecule is C=C(CCCCCCCCC)[Si](C)(C)C. The van der Waals surface area contributed by atoms with Crippen LogP contribution in [0.2, 0.25) is 19.6 Å². The molecule has 0 radical (unpaired) electrons.